The molecule has 0 radical (unpaired) electrons. The van der Waals surface area contributed by atoms with Crippen LogP contribution < -0.4 is 29.6 Å². The molecule has 1 aliphatic heterocycles. The van der Waals surface area contributed by atoms with E-state index >= 15 is 0 Å². The van der Waals surface area contributed by atoms with E-state index in [2.05, 4.69) is 4.74 Å². The van der Waals surface area contributed by atoms with Crippen molar-refractivity contribution >= 4 is 35.2 Å². The molecule has 0 spiro atoms. The van der Waals surface area contributed by atoms with Crippen LogP contribution in [0, 0.1) is 0 Å². The Balaban J connectivity index is -0.000000655. The standard InChI is InChI=1S/C10H16N2O8.C2H4O.Na.H2O3S/c13-7(14)3-11(4-8(15)16)1-2-12(5-9(17)18)6-10(19)20;1-2-3-1;;1-4(2)3/h1-6H2,(H,13,14)(H,15,16)(H,17,18)(H,19,20);1-2H2;;(H2,1,2,3)/q;;+1;/p-1. The van der Waals surface area contributed by atoms with Crippen LogP contribution >= 0.6 is 0 Å². The fraction of sp³-hybridized carbons (Fsp3) is 0.667. The van der Waals surface area contributed by atoms with Crippen LogP contribution in [0.4, 0.5) is 0 Å². The Morgan fingerprint density at radius 3 is 1.07 bits per heavy atom. The Kier molecular flexibility index (Phi) is 21.6. The van der Waals surface area contributed by atoms with Gasteiger partial charge in [0.15, 0.2) is 0 Å². The first kappa shape index (κ1) is 31.5. The van der Waals surface area contributed by atoms with Crippen molar-refractivity contribution in [1.29, 1.82) is 0 Å². The van der Waals surface area contributed by atoms with E-state index in [4.69, 9.17) is 33.7 Å². The van der Waals surface area contributed by atoms with Gasteiger partial charge in [-0.25, -0.2) is 4.21 Å². The molecule has 0 aliphatic carbocycles. The number of carboxylic acids is 4. The van der Waals surface area contributed by atoms with Crippen LogP contribution in [0.25, 0.3) is 0 Å². The minimum atomic E-state index is -2.86. The Hall–Kier alpha value is -1.17. The normalized spacial score (nSPS) is 12.4. The summed E-state index contributed by atoms with van der Waals surface area (Å²) in [5.41, 5.74) is 0. The predicted molar refractivity (Wildman–Crippen MR) is 85.8 cm³/mol. The van der Waals surface area contributed by atoms with Crippen molar-refractivity contribution in [2.75, 3.05) is 52.5 Å². The van der Waals surface area contributed by atoms with Gasteiger partial charge in [-0.1, -0.05) is 0 Å². The summed E-state index contributed by atoms with van der Waals surface area (Å²) in [6.07, 6.45) is 0. The molecule has 1 unspecified atom stereocenters. The molecule has 1 atom stereocenters. The van der Waals surface area contributed by atoms with E-state index in [0.717, 1.165) is 23.0 Å². The first-order valence-electron chi connectivity index (χ1n) is 7.12. The second-order valence-corrected chi connectivity index (χ2v) is 5.26. The molecule has 1 heterocycles. The molecule has 1 fully saturated rings. The minimum absolute atomic E-state index is 0. The average Bonchev–Trinajstić information content (AvgIpc) is 3.29. The van der Waals surface area contributed by atoms with Gasteiger partial charge in [-0.3, -0.25) is 29.0 Å². The fourth-order valence-electron chi connectivity index (χ4n) is 1.48. The summed E-state index contributed by atoms with van der Waals surface area (Å²) in [7, 11) is 0. The molecule has 158 valence electrons. The van der Waals surface area contributed by atoms with Gasteiger partial charge in [0, 0.05) is 13.1 Å². The zero-order valence-electron chi connectivity index (χ0n) is 15.1. The molecule has 0 amide bonds. The number of carboxylic acid groups (broad SMARTS) is 4. The third-order valence-corrected chi connectivity index (χ3v) is 2.37. The molecular weight excluding hydrogens is 419 g/mol. The maximum absolute atomic E-state index is 10.6. The van der Waals surface area contributed by atoms with Gasteiger partial charge < -0.3 is 34.3 Å². The van der Waals surface area contributed by atoms with Crippen LogP contribution in [0.5, 0.6) is 0 Å². The summed E-state index contributed by atoms with van der Waals surface area (Å²) >= 11 is -2.86. The van der Waals surface area contributed by atoms with Gasteiger partial charge in [-0.15, -0.1) is 0 Å². The van der Waals surface area contributed by atoms with E-state index in [1.807, 2.05) is 0 Å². The minimum Gasteiger partial charge on any atom is -0.750 e. The van der Waals surface area contributed by atoms with E-state index in [-0.39, 0.29) is 42.6 Å². The summed E-state index contributed by atoms with van der Waals surface area (Å²) in [5.74, 6) is -4.91. The van der Waals surface area contributed by atoms with Gasteiger partial charge >= 0.3 is 53.4 Å². The van der Waals surface area contributed by atoms with Crippen molar-refractivity contribution in [3.8, 4) is 0 Å². The average molecular weight is 440 g/mol. The molecule has 28 heavy (non-hydrogen) atoms. The first-order valence-corrected chi connectivity index (χ1v) is 8.15. The van der Waals surface area contributed by atoms with Crippen molar-refractivity contribution in [3.63, 3.8) is 0 Å². The largest absolute Gasteiger partial charge is 1.00 e. The van der Waals surface area contributed by atoms with Crippen molar-refractivity contribution in [3.05, 3.63) is 0 Å². The number of nitrogens with zero attached hydrogens (tertiary/aromatic N) is 2. The molecule has 5 N–H and O–H groups in total. The molecule has 0 aromatic carbocycles. The molecule has 1 saturated heterocycles. The number of aliphatic carboxylic acids is 4. The van der Waals surface area contributed by atoms with Gasteiger partial charge in [0.2, 0.25) is 0 Å². The van der Waals surface area contributed by atoms with Gasteiger partial charge in [-0.05, 0) is 0 Å². The summed E-state index contributed by atoms with van der Waals surface area (Å²) in [5, 5.41) is 34.5. The third-order valence-electron chi connectivity index (χ3n) is 2.37. The van der Waals surface area contributed by atoms with E-state index in [9.17, 15) is 19.2 Å². The molecular formula is C12H21N2NaO12S. The zero-order chi connectivity index (χ0) is 21.4. The van der Waals surface area contributed by atoms with Crippen LogP contribution in [0.15, 0.2) is 0 Å². The predicted octanol–water partition coefficient (Wildman–Crippen LogP) is -5.71. The van der Waals surface area contributed by atoms with Crippen LogP contribution in [-0.4, -0.2) is 120 Å². The molecule has 1 rings (SSSR count). The number of ether oxygens (including phenoxy) is 1. The third kappa shape index (κ3) is 32.5. The number of carbonyl (C=O) groups is 4. The van der Waals surface area contributed by atoms with E-state index in [0.29, 0.717) is 0 Å². The van der Waals surface area contributed by atoms with Gasteiger partial charge in [0.25, 0.3) is 0 Å². The summed E-state index contributed by atoms with van der Waals surface area (Å²) in [6, 6.07) is 0. The van der Waals surface area contributed by atoms with E-state index in [1.165, 1.54) is 0 Å². The van der Waals surface area contributed by atoms with Crippen molar-refractivity contribution < 1.29 is 87.2 Å². The van der Waals surface area contributed by atoms with Crippen molar-refractivity contribution in [2.24, 2.45) is 0 Å². The quantitative estimate of drug-likeness (QED) is 0.115. The molecule has 0 aromatic rings. The van der Waals surface area contributed by atoms with E-state index < -0.39 is 61.4 Å². The molecule has 16 heteroatoms. The van der Waals surface area contributed by atoms with Gasteiger partial charge in [-0.2, -0.15) is 0 Å². The number of epoxide rings is 1. The summed E-state index contributed by atoms with van der Waals surface area (Å²) < 4.78 is 28.6. The first-order chi connectivity index (χ1) is 12.4. The molecule has 14 nitrogen and oxygen atoms in total. The summed E-state index contributed by atoms with van der Waals surface area (Å²) in [4.78, 5) is 44.4. The second-order valence-electron chi connectivity index (χ2n) is 4.83. The van der Waals surface area contributed by atoms with Crippen molar-refractivity contribution in [1.82, 2.24) is 9.80 Å². The number of hydrogen-bond donors (Lipinski definition) is 5. The SMILES string of the molecule is C1CO1.O=C(O)CN(CCN(CC(=O)O)CC(=O)O)CC(=O)O.O=S([O-])O.[Na+]. The maximum Gasteiger partial charge on any atom is 1.00 e. The molecule has 1 aliphatic rings. The number of hydrogen-bond acceptors (Lipinski definition) is 9. The van der Waals surface area contributed by atoms with Gasteiger partial charge in [0.1, 0.15) is 0 Å². The molecule has 0 aromatic heterocycles. The Morgan fingerprint density at radius 1 is 0.786 bits per heavy atom. The fourth-order valence-corrected chi connectivity index (χ4v) is 1.48. The second kappa shape index (κ2) is 19.2. The van der Waals surface area contributed by atoms with Crippen LogP contribution in [0.1, 0.15) is 0 Å². The zero-order valence-corrected chi connectivity index (χ0v) is 17.9. The van der Waals surface area contributed by atoms with Crippen LogP contribution in [-0.2, 0) is 35.3 Å². The van der Waals surface area contributed by atoms with Gasteiger partial charge in [0.05, 0.1) is 50.8 Å². The van der Waals surface area contributed by atoms with Crippen LogP contribution in [0.3, 0.4) is 0 Å². The Bertz CT molecular complexity index is 444. The number of rotatable bonds is 11. The molecule has 0 bridgehead atoms. The Labute approximate surface area is 184 Å². The smallest absolute Gasteiger partial charge is 0.750 e. The Morgan fingerprint density at radius 2 is 0.964 bits per heavy atom. The molecule has 0 saturated carbocycles. The monoisotopic (exact) mass is 440 g/mol. The summed E-state index contributed by atoms with van der Waals surface area (Å²) in [6.45, 7) is -0.251. The van der Waals surface area contributed by atoms with E-state index in [1.54, 1.807) is 0 Å². The van der Waals surface area contributed by atoms with Crippen LogP contribution in [0.2, 0.25) is 0 Å². The van der Waals surface area contributed by atoms with Crippen molar-refractivity contribution in [2.45, 2.75) is 0 Å². The topological polar surface area (TPSA) is 229 Å². The maximum atomic E-state index is 10.6.